The normalized spacial score (nSPS) is 13.6. The molecule has 0 aliphatic rings. The molecule has 1 atom stereocenters. The highest BCUT2D eigenvalue weighted by atomic mass is 16.4. The molecule has 17 heavy (non-hydrogen) atoms. The Balaban J connectivity index is 4.84. The van der Waals surface area contributed by atoms with Crippen molar-refractivity contribution in [3.8, 4) is 0 Å². The molecular weight excluding hydrogens is 220 g/mol. The lowest BCUT2D eigenvalue weighted by Crippen LogP contribution is -2.53. The van der Waals surface area contributed by atoms with Crippen LogP contribution in [0.1, 0.15) is 34.1 Å². The Hall–Kier alpha value is -1.10. The Labute approximate surface area is 103 Å². The number of nitrogens with two attached hydrogens (primary N) is 1. The summed E-state index contributed by atoms with van der Waals surface area (Å²) in [5, 5.41) is 9.07. The molecule has 0 spiro atoms. The van der Waals surface area contributed by atoms with Crippen molar-refractivity contribution >= 4 is 11.9 Å². The van der Waals surface area contributed by atoms with Gasteiger partial charge in [-0.25, -0.2) is 4.79 Å². The van der Waals surface area contributed by atoms with Crippen molar-refractivity contribution in [1.29, 1.82) is 0 Å². The molecule has 1 amide bonds. The molecule has 3 N–H and O–H groups in total. The first-order chi connectivity index (χ1) is 7.64. The van der Waals surface area contributed by atoms with E-state index in [1.807, 2.05) is 13.8 Å². The van der Waals surface area contributed by atoms with Crippen molar-refractivity contribution in [3.63, 3.8) is 0 Å². The van der Waals surface area contributed by atoms with Crippen molar-refractivity contribution < 1.29 is 14.7 Å². The zero-order valence-electron chi connectivity index (χ0n) is 11.4. The van der Waals surface area contributed by atoms with Gasteiger partial charge in [-0.3, -0.25) is 4.79 Å². The van der Waals surface area contributed by atoms with E-state index in [-0.39, 0.29) is 18.4 Å². The van der Waals surface area contributed by atoms with Crippen LogP contribution in [-0.2, 0) is 9.59 Å². The largest absolute Gasteiger partial charge is 0.480 e. The lowest BCUT2D eigenvalue weighted by Gasteiger charge is -2.34. The van der Waals surface area contributed by atoms with Crippen LogP contribution in [0.3, 0.4) is 0 Å². The summed E-state index contributed by atoms with van der Waals surface area (Å²) >= 11 is 0. The highest BCUT2D eigenvalue weighted by Crippen LogP contribution is 2.19. The van der Waals surface area contributed by atoms with E-state index in [1.165, 1.54) is 25.8 Å². The van der Waals surface area contributed by atoms with Crippen molar-refractivity contribution in [2.24, 2.45) is 17.6 Å². The number of hydrogen-bond acceptors (Lipinski definition) is 3. The van der Waals surface area contributed by atoms with Crippen LogP contribution in [0.15, 0.2) is 0 Å². The zero-order valence-corrected chi connectivity index (χ0v) is 11.4. The van der Waals surface area contributed by atoms with Crippen molar-refractivity contribution in [2.75, 3.05) is 13.6 Å². The fraction of sp³-hybridized carbons (Fsp3) is 0.833. The Morgan fingerprint density at radius 2 is 1.82 bits per heavy atom. The van der Waals surface area contributed by atoms with E-state index in [9.17, 15) is 9.59 Å². The summed E-state index contributed by atoms with van der Waals surface area (Å²) in [7, 11) is 1.51. The molecule has 0 aromatic rings. The lowest BCUT2D eigenvalue weighted by atomic mass is 9.93. The molecule has 100 valence electrons. The second kappa shape index (κ2) is 6.00. The van der Waals surface area contributed by atoms with E-state index >= 15 is 0 Å². The van der Waals surface area contributed by atoms with Gasteiger partial charge in [0.15, 0.2) is 0 Å². The molecule has 0 aromatic heterocycles. The summed E-state index contributed by atoms with van der Waals surface area (Å²) in [6, 6.07) is 0. The van der Waals surface area contributed by atoms with Gasteiger partial charge in [0.25, 0.3) is 0 Å². The molecule has 0 radical (unpaired) electrons. The molecule has 0 aliphatic heterocycles. The van der Waals surface area contributed by atoms with Gasteiger partial charge < -0.3 is 15.7 Å². The van der Waals surface area contributed by atoms with Gasteiger partial charge in [-0.1, -0.05) is 13.8 Å². The number of aliphatic carboxylic acids is 1. The number of hydrogen-bond donors (Lipinski definition) is 2. The van der Waals surface area contributed by atoms with E-state index in [0.717, 1.165) is 0 Å². The topological polar surface area (TPSA) is 83.6 Å². The molecule has 5 heteroatoms. The highest BCUT2D eigenvalue weighted by Gasteiger charge is 2.37. The number of rotatable bonds is 6. The van der Waals surface area contributed by atoms with E-state index in [4.69, 9.17) is 10.8 Å². The van der Waals surface area contributed by atoms with Gasteiger partial charge in [0.05, 0.1) is 5.92 Å². The van der Waals surface area contributed by atoms with E-state index in [0.29, 0.717) is 12.3 Å². The molecule has 0 rings (SSSR count). The van der Waals surface area contributed by atoms with Crippen LogP contribution in [0.4, 0.5) is 0 Å². The first kappa shape index (κ1) is 15.9. The number of nitrogens with zero attached hydrogens (tertiary/aromatic N) is 1. The highest BCUT2D eigenvalue weighted by molar-refractivity contribution is 5.87. The van der Waals surface area contributed by atoms with Gasteiger partial charge in [-0.05, 0) is 26.2 Å². The summed E-state index contributed by atoms with van der Waals surface area (Å²) < 4.78 is 0. The SMILES string of the molecule is CC(C)CC(CN)C(=O)N(C)C(C)(C)C(=O)O. The minimum atomic E-state index is -1.21. The van der Waals surface area contributed by atoms with Gasteiger partial charge in [0.1, 0.15) is 5.54 Å². The maximum atomic E-state index is 12.1. The minimum Gasteiger partial charge on any atom is -0.480 e. The third kappa shape index (κ3) is 4.00. The summed E-state index contributed by atoms with van der Waals surface area (Å²) in [6.07, 6.45) is 0.676. The van der Waals surface area contributed by atoms with Gasteiger partial charge >= 0.3 is 5.97 Å². The van der Waals surface area contributed by atoms with E-state index in [2.05, 4.69) is 0 Å². The summed E-state index contributed by atoms with van der Waals surface area (Å²) in [5.74, 6) is -1.17. The predicted molar refractivity (Wildman–Crippen MR) is 66.5 cm³/mol. The van der Waals surface area contributed by atoms with Gasteiger partial charge in [-0.15, -0.1) is 0 Å². The van der Waals surface area contributed by atoms with Crippen LogP contribution in [-0.4, -0.2) is 41.0 Å². The Kier molecular flexibility index (Phi) is 5.61. The minimum absolute atomic E-state index is 0.200. The molecular formula is C12H24N2O3. The van der Waals surface area contributed by atoms with Crippen LogP contribution in [0, 0.1) is 11.8 Å². The van der Waals surface area contributed by atoms with Crippen LogP contribution in [0.25, 0.3) is 0 Å². The first-order valence-corrected chi connectivity index (χ1v) is 5.85. The number of carbonyl (C=O) groups excluding carboxylic acids is 1. The number of carboxylic acid groups (broad SMARTS) is 1. The van der Waals surface area contributed by atoms with Crippen molar-refractivity contribution in [2.45, 2.75) is 39.7 Å². The monoisotopic (exact) mass is 244 g/mol. The van der Waals surface area contributed by atoms with Gasteiger partial charge in [-0.2, -0.15) is 0 Å². The second-order valence-electron chi connectivity index (χ2n) is 5.32. The molecule has 1 unspecified atom stereocenters. The van der Waals surface area contributed by atoms with Crippen LogP contribution < -0.4 is 5.73 Å². The predicted octanol–water partition coefficient (Wildman–Crippen LogP) is 0.929. The van der Waals surface area contributed by atoms with Crippen LogP contribution in [0.5, 0.6) is 0 Å². The van der Waals surface area contributed by atoms with Crippen LogP contribution in [0.2, 0.25) is 0 Å². The Bertz CT molecular complexity index is 287. The molecule has 5 nitrogen and oxygen atoms in total. The Morgan fingerprint density at radius 3 is 2.12 bits per heavy atom. The quantitative estimate of drug-likeness (QED) is 0.728. The fourth-order valence-electron chi connectivity index (χ4n) is 1.56. The maximum Gasteiger partial charge on any atom is 0.329 e. The average Bonchev–Trinajstić information content (AvgIpc) is 2.23. The second-order valence-corrected chi connectivity index (χ2v) is 5.32. The van der Waals surface area contributed by atoms with Gasteiger partial charge in [0.2, 0.25) is 5.91 Å². The first-order valence-electron chi connectivity index (χ1n) is 5.85. The number of likely N-dealkylation sites (N-methyl/N-ethyl adjacent to an activating group) is 1. The number of carboxylic acids is 1. The third-order valence-electron chi connectivity index (χ3n) is 3.08. The maximum absolute atomic E-state index is 12.1. The molecule has 0 fully saturated rings. The summed E-state index contributed by atoms with van der Waals surface area (Å²) in [5.41, 5.74) is 4.38. The van der Waals surface area contributed by atoms with E-state index in [1.54, 1.807) is 0 Å². The van der Waals surface area contributed by atoms with Crippen LogP contribution >= 0.6 is 0 Å². The van der Waals surface area contributed by atoms with Crippen molar-refractivity contribution in [3.05, 3.63) is 0 Å². The fourth-order valence-corrected chi connectivity index (χ4v) is 1.56. The number of carbonyl (C=O) groups is 2. The van der Waals surface area contributed by atoms with E-state index < -0.39 is 11.5 Å². The molecule has 0 saturated carbocycles. The number of amides is 1. The summed E-state index contributed by atoms with van der Waals surface area (Å²) in [4.78, 5) is 24.5. The molecule has 0 saturated heterocycles. The molecule has 0 heterocycles. The third-order valence-corrected chi connectivity index (χ3v) is 3.08. The molecule has 0 aromatic carbocycles. The smallest absolute Gasteiger partial charge is 0.329 e. The van der Waals surface area contributed by atoms with Gasteiger partial charge in [0, 0.05) is 13.6 Å². The molecule has 0 aliphatic carbocycles. The molecule has 0 bridgehead atoms. The standard InChI is InChI=1S/C12H24N2O3/c1-8(2)6-9(7-13)10(15)14(5)12(3,4)11(16)17/h8-9H,6-7,13H2,1-5H3,(H,16,17). The average molecular weight is 244 g/mol. The Morgan fingerprint density at radius 1 is 1.35 bits per heavy atom. The zero-order chi connectivity index (χ0) is 13.8. The summed E-state index contributed by atoms with van der Waals surface area (Å²) in [6.45, 7) is 7.29. The van der Waals surface area contributed by atoms with Crippen molar-refractivity contribution in [1.82, 2.24) is 4.90 Å². The lowest BCUT2D eigenvalue weighted by molar-refractivity contribution is -0.157.